The number of halogens is 7. The van der Waals surface area contributed by atoms with Crippen molar-refractivity contribution in [2.24, 2.45) is 0 Å². The van der Waals surface area contributed by atoms with Gasteiger partial charge in [-0.2, -0.15) is 0 Å². The summed E-state index contributed by atoms with van der Waals surface area (Å²) in [6.07, 6.45) is 0. The molecule has 0 atom stereocenters. The maximum Gasteiger partial charge on any atom is 0.495 e. The first-order valence-corrected chi connectivity index (χ1v) is 30.6. The molecule has 0 N–H and O–H groups in total. The van der Waals surface area contributed by atoms with E-state index in [0.29, 0.717) is 10.0 Å². The monoisotopic (exact) mass is 1400 g/mol. The minimum Gasteiger partial charge on any atom is -0.399 e. The minimum absolute atomic E-state index is 0.406. The molecular formula is C66H53B2Br3Cl3IO4. The lowest BCUT2D eigenvalue weighted by atomic mass is 9.71. The van der Waals surface area contributed by atoms with Crippen LogP contribution in [0.3, 0.4) is 0 Å². The summed E-state index contributed by atoms with van der Waals surface area (Å²) in [5.74, 6) is 0. The summed E-state index contributed by atoms with van der Waals surface area (Å²) in [5.41, 5.74) is 5.09. The molecule has 11 aromatic rings. The van der Waals surface area contributed by atoms with E-state index in [1.807, 2.05) is 42.5 Å². The third-order valence-corrected chi connectivity index (χ3v) is 20.5. The van der Waals surface area contributed by atoms with Crippen LogP contribution in [0.15, 0.2) is 189 Å². The van der Waals surface area contributed by atoms with Crippen LogP contribution >= 0.6 is 105 Å². The fraction of sp³-hybridized carbons (Fsp3) is 0.182. The van der Waals surface area contributed by atoms with Gasteiger partial charge in [-0.15, -0.1) is 0 Å². The quantitative estimate of drug-likeness (QED) is 0.0762. The normalized spacial score (nSPS) is 16.2. The Bertz CT molecular complexity index is 3970. The third kappa shape index (κ3) is 10.7. The van der Waals surface area contributed by atoms with Crippen LogP contribution in [0.2, 0.25) is 15.1 Å². The van der Waals surface area contributed by atoms with Gasteiger partial charge in [-0.3, -0.25) is 0 Å². The van der Waals surface area contributed by atoms with Crippen LogP contribution in [0, 0.1) is 3.57 Å². The van der Waals surface area contributed by atoms with Crippen molar-refractivity contribution in [2.75, 3.05) is 0 Å². The van der Waals surface area contributed by atoms with E-state index in [0.717, 1.165) is 51.3 Å². The van der Waals surface area contributed by atoms with Crippen molar-refractivity contribution in [3.63, 3.8) is 0 Å². The van der Waals surface area contributed by atoms with E-state index >= 15 is 0 Å². The van der Waals surface area contributed by atoms with Crippen LogP contribution in [-0.2, 0) is 18.6 Å². The van der Waals surface area contributed by atoms with E-state index < -0.39 is 36.6 Å². The van der Waals surface area contributed by atoms with Crippen LogP contribution in [0.5, 0.6) is 0 Å². The Hall–Kier alpha value is -4.01. The molecule has 2 fully saturated rings. The number of fused-ring (bicyclic) bond motifs is 10. The molecule has 0 spiro atoms. The van der Waals surface area contributed by atoms with Crippen molar-refractivity contribution in [1.82, 2.24) is 0 Å². The Morgan fingerprint density at radius 2 is 0.595 bits per heavy atom. The SMILES string of the molecule is CC1(C)OB(c2cc3c4ccccc4c(B4OC(C)(C)C(C)(C)O4)cc3c3ccccc23)OC1(C)C.Clc1ccc(-c2cc3c4ccccc4c(-c4ccc(Cl)cc4Br)cc3c3ccccc23)c(Br)c1.Clc1ccc(I)c(Br)c1. The van der Waals surface area contributed by atoms with Gasteiger partial charge in [0.05, 0.1) is 22.4 Å². The average Bonchev–Trinajstić information content (AvgIpc) is 3.95. The Labute approximate surface area is 516 Å². The van der Waals surface area contributed by atoms with Crippen LogP contribution in [0.25, 0.3) is 86.9 Å². The molecular weight excluding hydrogens is 1350 g/mol. The molecule has 13 rings (SSSR count). The van der Waals surface area contributed by atoms with E-state index in [1.165, 1.54) is 68.6 Å². The van der Waals surface area contributed by atoms with Crippen LogP contribution < -0.4 is 10.9 Å². The second-order valence-electron chi connectivity index (χ2n) is 22.1. The van der Waals surface area contributed by atoms with Gasteiger partial charge in [-0.25, -0.2) is 0 Å². The standard InChI is InChI=1S/C30H34B2O4.C30H16Br2Cl2.C6H3BrClI/c1-27(2)28(3,4)34-31(33-27)25-17-23-20-14-10-12-16-22(20)26(32-35-29(5,6)30(7,8)36-32)18-24(23)19-13-9-11-15-21(19)25;31-29-13-17(33)9-11-23(29)25-15-28-22-8-4-2-6-20(22)26(24-12-10-18(34)14-30(24)32)16-27(28)21-7-3-1-5-19(21)25;7-5-3-4(8)1-2-6(5)9/h9-18H,1-8H3;1-16H;1-3H. The van der Waals surface area contributed by atoms with E-state index in [2.05, 4.69) is 259 Å². The molecule has 0 aliphatic carbocycles. The lowest BCUT2D eigenvalue weighted by Gasteiger charge is -2.32. The zero-order valence-electron chi connectivity index (χ0n) is 44.7. The molecule has 396 valence electrons. The van der Waals surface area contributed by atoms with Crippen LogP contribution in [-0.4, -0.2) is 36.6 Å². The van der Waals surface area contributed by atoms with Gasteiger partial charge in [-0.1, -0.05) is 188 Å². The van der Waals surface area contributed by atoms with E-state index in [1.54, 1.807) is 0 Å². The summed E-state index contributed by atoms with van der Waals surface area (Å²) in [4.78, 5) is 0. The van der Waals surface area contributed by atoms with Crippen molar-refractivity contribution < 1.29 is 18.6 Å². The molecule has 0 aromatic heterocycles. The molecule has 13 heteroatoms. The number of hydrogen-bond acceptors (Lipinski definition) is 4. The molecule has 2 aliphatic rings. The highest BCUT2D eigenvalue weighted by atomic mass is 127. The fourth-order valence-electron chi connectivity index (χ4n) is 10.6. The summed E-state index contributed by atoms with van der Waals surface area (Å²) < 4.78 is 30.2. The minimum atomic E-state index is -0.439. The van der Waals surface area contributed by atoms with Gasteiger partial charge in [0.25, 0.3) is 0 Å². The topological polar surface area (TPSA) is 36.9 Å². The molecule has 2 heterocycles. The maximum atomic E-state index is 6.51. The van der Waals surface area contributed by atoms with Crippen molar-refractivity contribution in [2.45, 2.75) is 77.8 Å². The molecule has 2 saturated heterocycles. The van der Waals surface area contributed by atoms with E-state index in [9.17, 15) is 0 Å². The van der Waals surface area contributed by atoms with Crippen LogP contribution in [0.1, 0.15) is 55.4 Å². The third-order valence-electron chi connectivity index (χ3n) is 16.2. The summed E-state index contributed by atoms with van der Waals surface area (Å²) in [5, 5.41) is 16.4. The Morgan fingerprint density at radius 3 is 0.911 bits per heavy atom. The molecule has 0 radical (unpaired) electrons. The first-order valence-electron chi connectivity index (χ1n) is 26.0. The second-order valence-corrected chi connectivity index (χ2v) is 27.2. The summed E-state index contributed by atoms with van der Waals surface area (Å²) in [6, 6.07) is 61.1. The van der Waals surface area contributed by atoms with E-state index in [4.69, 9.17) is 53.4 Å². The molecule has 0 unspecified atom stereocenters. The molecule has 79 heavy (non-hydrogen) atoms. The Kier molecular flexibility index (Phi) is 15.8. The van der Waals surface area contributed by atoms with Crippen LogP contribution in [0.4, 0.5) is 0 Å². The lowest BCUT2D eigenvalue weighted by molar-refractivity contribution is 0.00578. The zero-order chi connectivity index (χ0) is 55.9. The summed E-state index contributed by atoms with van der Waals surface area (Å²) in [6.45, 7) is 16.8. The van der Waals surface area contributed by atoms with Crippen molar-refractivity contribution in [3.05, 3.63) is 208 Å². The van der Waals surface area contributed by atoms with Gasteiger partial charge in [0.2, 0.25) is 0 Å². The van der Waals surface area contributed by atoms with Gasteiger partial charge >= 0.3 is 14.2 Å². The smallest absolute Gasteiger partial charge is 0.399 e. The highest BCUT2D eigenvalue weighted by Crippen LogP contribution is 2.46. The molecule has 4 nitrogen and oxygen atoms in total. The second kappa shape index (κ2) is 22.0. The van der Waals surface area contributed by atoms with Crippen molar-refractivity contribution in [3.8, 4) is 22.3 Å². The van der Waals surface area contributed by atoms with Gasteiger partial charge in [0.15, 0.2) is 0 Å². The Morgan fingerprint density at radius 1 is 0.316 bits per heavy atom. The first kappa shape index (κ1) is 56.8. The maximum absolute atomic E-state index is 6.51. The highest BCUT2D eigenvalue weighted by molar-refractivity contribution is 14.1. The van der Waals surface area contributed by atoms with Gasteiger partial charge < -0.3 is 18.6 Å². The number of benzene rings is 11. The first-order chi connectivity index (χ1) is 37.5. The van der Waals surface area contributed by atoms with Gasteiger partial charge in [0.1, 0.15) is 0 Å². The Balaban J connectivity index is 0.000000145. The predicted molar refractivity (Wildman–Crippen MR) is 358 cm³/mol. The average molecular weight is 1400 g/mol. The highest BCUT2D eigenvalue weighted by Gasteiger charge is 2.53. The number of rotatable bonds is 4. The van der Waals surface area contributed by atoms with Gasteiger partial charge in [-0.05, 0) is 246 Å². The lowest BCUT2D eigenvalue weighted by Crippen LogP contribution is -2.41. The molecule has 2 aliphatic heterocycles. The summed E-state index contributed by atoms with van der Waals surface area (Å²) >= 11 is 31.3. The molecule has 0 amide bonds. The molecule has 0 bridgehead atoms. The fourth-order valence-corrected chi connectivity index (χ4v) is 13.4. The molecule has 11 aromatic carbocycles. The summed E-state index contributed by atoms with van der Waals surface area (Å²) in [7, 11) is -0.878. The molecule has 0 saturated carbocycles. The van der Waals surface area contributed by atoms with Gasteiger partial charge in [0, 0.05) is 32.1 Å². The van der Waals surface area contributed by atoms with E-state index in [-0.39, 0.29) is 0 Å². The van der Waals surface area contributed by atoms with Crippen molar-refractivity contribution >= 4 is 195 Å². The number of hydrogen-bond donors (Lipinski definition) is 0. The van der Waals surface area contributed by atoms with Crippen molar-refractivity contribution in [1.29, 1.82) is 0 Å². The predicted octanol–water partition coefficient (Wildman–Crippen LogP) is 20.8. The zero-order valence-corrected chi connectivity index (χ0v) is 53.9. The largest absolute Gasteiger partial charge is 0.495 e.